The molecule has 90 valence electrons. The lowest BCUT2D eigenvalue weighted by Crippen LogP contribution is -2.08. The second kappa shape index (κ2) is 5.01. The number of thiophene rings is 1. The molecule has 0 aliphatic rings. The summed E-state index contributed by atoms with van der Waals surface area (Å²) in [6.07, 6.45) is 1.63. The van der Waals surface area contributed by atoms with Gasteiger partial charge >= 0.3 is 5.97 Å². The molecule has 0 unspecified atom stereocenters. The number of aryl methyl sites for hydroxylation is 1. The predicted molar refractivity (Wildman–Crippen MR) is 65.8 cm³/mol. The number of hydrogen-bond donors (Lipinski definition) is 1. The topological polar surface area (TPSA) is 70.1 Å². The molecule has 0 aromatic carbocycles. The highest BCUT2D eigenvalue weighted by atomic mass is 32.1. The van der Waals surface area contributed by atoms with E-state index in [0.29, 0.717) is 12.2 Å². The van der Waals surface area contributed by atoms with Crippen LogP contribution >= 0.6 is 11.3 Å². The average Bonchev–Trinajstić information content (AvgIpc) is 2.94. The highest BCUT2D eigenvalue weighted by Crippen LogP contribution is 2.14. The number of anilines is 1. The summed E-state index contributed by atoms with van der Waals surface area (Å²) in [6, 6.07) is 3.82. The van der Waals surface area contributed by atoms with E-state index in [-0.39, 0.29) is 12.3 Å². The van der Waals surface area contributed by atoms with Crippen molar-refractivity contribution in [1.82, 2.24) is 9.78 Å². The van der Waals surface area contributed by atoms with Gasteiger partial charge in [0.2, 0.25) is 0 Å². The molecule has 0 amide bonds. The molecule has 2 rings (SSSR count). The van der Waals surface area contributed by atoms with Crippen molar-refractivity contribution in [3.05, 3.63) is 34.3 Å². The Morgan fingerprint density at radius 3 is 3.06 bits per heavy atom. The van der Waals surface area contributed by atoms with E-state index in [2.05, 4.69) is 5.10 Å². The lowest BCUT2D eigenvalue weighted by molar-refractivity contribution is 0.0470. The number of carbonyl (C=O) groups is 1. The first-order valence-electron chi connectivity index (χ1n) is 5.23. The van der Waals surface area contributed by atoms with Gasteiger partial charge in [0.1, 0.15) is 6.61 Å². The van der Waals surface area contributed by atoms with Crippen LogP contribution in [0.25, 0.3) is 0 Å². The number of rotatable bonds is 4. The van der Waals surface area contributed by atoms with Gasteiger partial charge in [-0.05, 0) is 18.4 Å². The van der Waals surface area contributed by atoms with Gasteiger partial charge in [-0.15, -0.1) is 11.3 Å². The summed E-state index contributed by atoms with van der Waals surface area (Å²) in [5.74, 6) is -0.483. The van der Waals surface area contributed by atoms with Crippen LogP contribution in [0.4, 0.5) is 5.69 Å². The van der Waals surface area contributed by atoms with E-state index in [0.717, 1.165) is 4.88 Å². The number of nitrogens with two attached hydrogens (primary N) is 1. The van der Waals surface area contributed by atoms with Gasteiger partial charge in [0.05, 0.1) is 5.69 Å². The molecule has 5 nitrogen and oxygen atoms in total. The molecule has 0 bridgehead atoms. The highest BCUT2D eigenvalue weighted by molar-refractivity contribution is 7.09. The first-order chi connectivity index (χ1) is 8.20. The summed E-state index contributed by atoms with van der Waals surface area (Å²) in [5.41, 5.74) is 6.22. The average molecular weight is 251 g/mol. The van der Waals surface area contributed by atoms with Crippen LogP contribution in [0.3, 0.4) is 0 Å². The Bertz CT molecular complexity index is 505. The van der Waals surface area contributed by atoms with Crippen molar-refractivity contribution in [2.24, 2.45) is 0 Å². The fourth-order valence-electron chi connectivity index (χ4n) is 1.36. The highest BCUT2D eigenvalue weighted by Gasteiger charge is 2.16. The molecule has 0 radical (unpaired) electrons. The largest absolute Gasteiger partial charge is 0.455 e. The third kappa shape index (κ3) is 2.65. The number of nitrogen functional groups attached to an aromatic ring is 1. The summed E-state index contributed by atoms with van der Waals surface area (Å²) < 4.78 is 6.73. The summed E-state index contributed by atoms with van der Waals surface area (Å²) >= 11 is 1.54. The molecular weight excluding hydrogens is 238 g/mol. The van der Waals surface area contributed by atoms with Gasteiger partial charge in [0.15, 0.2) is 5.69 Å². The first-order valence-corrected chi connectivity index (χ1v) is 6.11. The number of esters is 1. The maximum absolute atomic E-state index is 11.7. The molecule has 0 atom stereocenters. The molecule has 2 aromatic rings. The molecule has 0 aliphatic heterocycles. The molecule has 2 aromatic heterocycles. The zero-order valence-electron chi connectivity index (χ0n) is 9.42. The van der Waals surface area contributed by atoms with E-state index in [1.807, 2.05) is 24.4 Å². The van der Waals surface area contributed by atoms with Gasteiger partial charge in [0, 0.05) is 17.6 Å². The molecule has 0 saturated carbocycles. The van der Waals surface area contributed by atoms with Gasteiger partial charge < -0.3 is 10.5 Å². The Labute approximate surface area is 103 Å². The Balaban J connectivity index is 2.01. The minimum absolute atomic E-state index is 0.184. The molecular formula is C11H13N3O2S. The van der Waals surface area contributed by atoms with E-state index in [1.165, 1.54) is 11.3 Å². The zero-order chi connectivity index (χ0) is 12.3. The SMILES string of the molecule is CCn1cc(N)c(C(=O)OCc2cccs2)n1. The number of nitrogens with zero attached hydrogens (tertiary/aromatic N) is 2. The van der Waals surface area contributed by atoms with E-state index < -0.39 is 5.97 Å². The van der Waals surface area contributed by atoms with E-state index in [4.69, 9.17) is 10.5 Å². The van der Waals surface area contributed by atoms with Crippen LogP contribution in [0.2, 0.25) is 0 Å². The van der Waals surface area contributed by atoms with Crippen LogP contribution in [0, 0.1) is 0 Å². The van der Waals surface area contributed by atoms with Crippen LogP contribution in [0.5, 0.6) is 0 Å². The maximum atomic E-state index is 11.7. The number of ether oxygens (including phenoxy) is 1. The van der Waals surface area contributed by atoms with Crippen molar-refractivity contribution in [2.45, 2.75) is 20.1 Å². The lowest BCUT2D eigenvalue weighted by Gasteiger charge is -2.00. The number of hydrogen-bond acceptors (Lipinski definition) is 5. The van der Waals surface area contributed by atoms with Gasteiger partial charge in [-0.3, -0.25) is 4.68 Å². The Hall–Kier alpha value is -1.82. The minimum atomic E-state index is -0.483. The lowest BCUT2D eigenvalue weighted by atomic mass is 10.4. The van der Waals surface area contributed by atoms with E-state index in [9.17, 15) is 4.79 Å². The smallest absolute Gasteiger partial charge is 0.361 e. The fourth-order valence-corrected chi connectivity index (χ4v) is 1.97. The summed E-state index contributed by atoms with van der Waals surface area (Å²) in [6.45, 7) is 2.85. The Morgan fingerprint density at radius 2 is 2.47 bits per heavy atom. The fraction of sp³-hybridized carbons (Fsp3) is 0.273. The van der Waals surface area contributed by atoms with Crippen LogP contribution in [-0.2, 0) is 17.9 Å². The van der Waals surface area contributed by atoms with E-state index >= 15 is 0 Å². The molecule has 0 spiro atoms. The van der Waals surface area contributed by atoms with Crippen LogP contribution < -0.4 is 5.73 Å². The number of carbonyl (C=O) groups excluding carboxylic acids is 1. The predicted octanol–water partition coefficient (Wildman–Crippen LogP) is 1.90. The second-order valence-corrected chi connectivity index (χ2v) is 4.48. The van der Waals surface area contributed by atoms with Gasteiger partial charge in [-0.1, -0.05) is 6.07 Å². The second-order valence-electron chi connectivity index (χ2n) is 3.44. The third-order valence-corrected chi connectivity index (χ3v) is 3.08. The monoisotopic (exact) mass is 251 g/mol. The Kier molecular flexibility index (Phi) is 3.43. The Morgan fingerprint density at radius 1 is 1.65 bits per heavy atom. The van der Waals surface area contributed by atoms with Gasteiger partial charge in [0.25, 0.3) is 0 Å². The quantitative estimate of drug-likeness (QED) is 0.842. The molecule has 2 N–H and O–H groups in total. The molecule has 0 saturated heterocycles. The summed E-state index contributed by atoms with van der Waals surface area (Å²) in [4.78, 5) is 12.7. The standard InChI is InChI=1S/C11H13N3O2S/c1-2-14-6-9(12)10(13-14)11(15)16-7-8-4-3-5-17-8/h3-6H,2,7,12H2,1H3. The molecule has 0 aliphatic carbocycles. The van der Waals surface area contributed by atoms with Gasteiger partial charge in [-0.2, -0.15) is 5.10 Å². The minimum Gasteiger partial charge on any atom is -0.455 e. The van der Waals surface area contributed by atoms with Crippen molar-refractivity contribution >= 4 is 23.0 Å². The normalized spacial score (nSPS) is 10.4. The van der Waals surface area contributed by atoms with Crippen molar-refractivity contribution in [2.75, 3.05) is 5.73 Å². The van der Waals surface area contributed by atoms with Crippen molar-refractivity contribution < 1.29 is 9.53 Å². The van der Waals surface area contributed by atoms with Gasteiger partial charge in [-0.25, -0.2) is 4.79 Å². The molecule has 0 fully saturated rings. The van der Waals surface area contributed by atoms with Crippen molar-refractivity contribution in [1.29, 1.82) is 0 Å². The summed E-state index contributed by atoms with van der Waals surface area (Å²) in [5, 5.41) is 5.98. The third-order valence-electron chi connectivity index (χ3n) is 2.23. The zero-order valence-corrected chi connectivity index (χ0v) is 10.2. The van der Waals surface area contributed by atoms with Crippen LogP contribution in [0.1, 0.15) is 22.3 Å². The first kappa shape index (κ1) is 11.7. The van der Waals surface area contributed by atoms with Crippen LogP contribution in [0.15, 0.2) is 23.7 Å². The van der Waals surface area contributed by atoms with Crippen molar-refractivity contribution in [3.8, 4) is 0 Å². The molecule has 2 heterocycles. The van der Waals surface area contributed by atoms with Crippen LogP contribution in [-0.4, -0.2) is 15.7 Å². The maximum Gasteiger partial charge on any atom is 0.361 e. The number of aromatic nitrogens is 2. The summed E-state index contributed by atoms with van der Waals surface area (Å²) in [7, 11) is 0. The van der Waals surface area contributed by atoms with Crippen molar-refractivity contribution in [3.63, 3.8) is 0 Å². The molecule has 17 heavy (non-hydrogen) atoms. The van der Waals surface area contributed by atoms with E-state index in [1.54, 1.807) is 10.9 Å². The molecule has 6 heteroatoms.